The van der Waals surface area contributed by atoms with Crippen molar-refractivity contribution >= 4 is 34.1 Å². The van der Waals surface area contributed by atoms with Gasteiger partial charge in [-0.2, -0.15) is 4.31 Å². The SMILES string of the molecule is CC[C@H](C)[C@@H](C(=O)N[C@@H](Cc1ccccc1)[C@@H](O)CN(CC(C)C)S(=O)(=O)c1ccc(C=NO)cc1)N1CCN(Cc2cccc(CN(C)C(C)=O)n2)C1=O. The number of rotatable bonds is 19. The fourth-order valence-corrected chi connectivity index (χ4v) is 8.19. The molecule has 3 aromatic rings. The summed E-state index contributed by atoms with van der Waals surface area (Å²) in [5.74, 6) is -0.834. The van der Waals surface area contributed by atoms with Crippen LogP contribution in [-0.2, 0) is 39.1 Å². The number of sulfonamides is 1. The largest absolute Gasteiger partial charge is 0.411 e. The molecule has 0 bridgehead atoms. The Balaban J connectivity index is 1.57. The zero-order chi connectivity index (χ0) is 40.3. The third kappa shape index (κ3) is 11.6. The maximum absolute atomic E-state index is 14.4. The summed E-state index contributed by atoms with van der Waals surface area (Å²) in [5.41, 5.74) is 2.71. The highest BCUT2D eigenvalue weighted by Crippen LogP contribution is 2.24. The lowest BCUT2D eigenvalue weighted by Gasteiger charge is -2.35. The molecule has 4 atom stereocenters. The van der Waals surface area contributed by atoms with Crippen molar-refractivity contribution in [3.8, 4) is 0 Å². The second-order valence-electron chi connectivity index (χ2n) is 14.6. The van der Waals surface area contributed by atoms with Gasteiger partial charge in [0, 0.05) is 40.2 Å². The second kappa shape index (κ2) is 19.6. The molecular formula is C40H55N7O7S. The first-order valence-electron chi connectivity index (χ1n) is 18.7. The van der Waals surface area contributed by atoms with E-state index in [0.29, 0.717) is 43.0 Å². The van der Waals surface area contributed by atoms with Crippen LogP contribution < -0.4 is 5.32 Å². The standard InChI is InChI=1S/C40H55N7O7S/c1-7-29(4)38(47-21-20-45(40(47)51)26-34-15-11-14-33(42-34)25-44(6)30(5)48)39(50)43-36(22-31-12-9-8-10-13-31)37(49)27-46(24-28(2)3)55(53,54)35-18-16-32(17-19-35)23-41-52/h8-19,23,28-29,36-38,49,52H,7,20-22,24-27H2,1-6H3,(H,43,50)/t29-,36-,37-,38-/m0/s1. The van der Waals surface area contributed by atoms with Crippen LogP contribution in [-0.4, -0.2) is 118 Å². The molecule has 298 valence electrons. The molecule has 55 heavy (non-hydrogen) atoms. The topological polar surface area (TPSA) is 176 Å². The number of aliphatic hydroxyl groups is 1. The minimum absolute atomic E-state index is 0.0124. The number of hydrogen-bond donors (Lipinski definition) is 3. The highest BCUT2D eigenvalue weighted by Gasteiger charge is 2.41. The van der Waals surface area contributed by atoms with E-state index in [1.54, 1.807) is 21.7 Å². The molecule has 0 unspecified atom stereocenters. The van der Waals surface area contributed by atoms with E-state index in [4.69, 9.17) is 5.21 Å². The van der Waals surface area contributed by atoms with Gasteiger partial charge in [-0.15, -0.1) is 0 Å². The molecule has 0 saturated carbocycles. The lowest BCUT2D eigenvalue weighted by atomic mass is 9.95. The molecule has 2 heterocycles. The van der Waals surface area contributed by atoms with Gasteiger partial charge in [-0.05, 0) is 53.6 Å². The number of carbonyl (C=O) groups excluding carboxylic acids is 3. The number of aliphatic hydroxyl groups excluding tert-OH is 1. The summed E-state index contributed by atoms with van der Waals surface area (Å²) in [7, 11) is -2.39. The number of nitrogens with zero attached hydrogens (tertiary/aromatic N) is 6. The maximum Gasteiger partial charge on any atom is 0.321 e. The predicted molar refractivity (Wildman–Crippen MR) is 210 cm³/mol. The summed E-state index contributed by atoms with van der Waals surface area (Å²) in [6.45, 7) is 10.2. The molecule has 3 N–H and O–H groups in total. The highest BCUT2D eigenvalue weighted by molar-refractivity contribution is 7.89. The molecule has 0 radical (unpaired) electrons. The van der Waals surface area contributed by atoms with Crippen molar-refractivity contribution in [2.45, 2.75) is 83.6 Å². The van der Waals surface area contributed by atoms with Crippen LogP contribution in [0.1, 0.15) is 63.6 Å². The van der Waals surface area contributed by atoms with E-state index >= 15 is 0 Å². The van der Waals surface area contributed by atoms with E-state index in [0.717, 1.165) is 5.56 Å². The van der Waals surface area contributed by atoms with Crippen molar-refractivity contribution in [1.29, 1.82) is 0 Å². The van der Waals surface area contributed by atoms with Crippen LogP contribution in [0, 0.1) is 11.8 Å². The Bertz CT molecular complexity index is 1880. The first-order chi connectivity index (χ1) is 26.1. The summed E-state index contributed by atoms with van der Waals surface area (Å²) < 4.78 is 29.1. The normalized spacial score (nSPS) is 15.8. The van der Waals surface area contributed by atoms with Crippen molar-refractivity contribution in [3.63, 3.8) is 0 Å². The quantitative estimate of drug-likeness (QED) is 0.0932. The van der Waals surface area contributed by atoms with Crippen LogP contribution in [0.25, 0.3) is 0 Å². The summed E-state index contributed by atoms with van der Waals surface area (Å²) in [5, 5.41) is 26.8. The van der Waals surface area contributed by atoms with E-state index in [-0.39, 0.29) is 54.7 Å². The number of hydrogen-bond acceptors (Lipinski definition) is 9. The number of benzene rings is 2. The zero-order valence-corrected chi connectivity index (χ0v) is 33.4. The average Bonchev–Trinajstić information content (AvgIpc) is 3.49. The van der Waals surface area contributed by atoms with Crippen LogP contribution in [0.2, 0.25) is 0 Å². The van der Waals surface area contributed by atoms with Crippen molar-refractivity contribution in [1.82, 2.24) is 29.3 Å². The lowest BCUT2D eigenvalue weighted by Crippen LogP contribution is -2.57. The average molecular weight is 778 g/mol. The molecule has 4 rings (SSSR count). The molecule has 4 amide bonds. The van der Waals surface area contributed by atoms with E-state index < -0.39 is 34.1 Å². The van der Waals surface area contributed by atoms with Crippen LogP contribution in [0.4, 0.5) is 4.79 Å². The molecule has 14 nitrogen and oxygen atoms in total. The number of urea groups is 1. The Kier molecular flexibility index (Phi) is 15.3. The minimum atomic E-state index is -4.08. The van der Waals surface area contributed by atoms with E-state index in [1.165, 1.54) is 41.7 Å². The van der Waals surface area contributed by atoms with Gasteiger partial charge in [0.1, 0.15) is 6.04 Å². The van der Waals surface area contributed by atoms with Gasteiger partial charge in [0.15, 0.2) is 0 Å². The first kappa shape index (κ1) is 42.9. The summed E-state index contributed by atoms with van der Waals surface area (Å²) in [4.78, 5) is 49.5. The van der Waals surface area contributed by atoms with Gasteiger partial charge in [0.2, 0.25) is 21.8 Å². The molecule has 1 aliphatic heterocycles. The van der Waals surface area contributed by atoms with Gasteiger partial charge >= 0.3 is 6.03 Å². The molecule has 1 saturated heterocycles. The second-order valence-corrected chi connectivity index (χ2v) is 16.6. The maximum atomic E-state index is 14.4. The first-order valence-corrected chi connectivity index (χ1v) is 20.1. The Morgan fingerprint density at radius 3 is 2.27 bits per heavy atom. The van der Waals surface area contributed by atoms with Gasteiger partial charge in [0.05, 0.1) is 47.7 Å². The van der Waals surface area contributed by atoms with Crippen molar-refractivity contribution in [2.24, 2.45) is 17.0 Å². The molecule has 2 aromatic carbocycles. The van der Waals surface area contributed by atoms with Gasteiger partial charge in [-0.25, -0.2) is 13.2 Å². The predicted octanol–water partition coefficient (Wildman–Crippen LogP) is 3.96. The van der Waals surface area contributed by atoms with Crippen molar-refractivity contribution in [3.05, 3.63) is 95.3 Å². The number of carbonyl (C=O) groups is 3. The number of oxime groups is 1. The van der Waals surface area contributed by atoms with Crippen LogP contribution in [0.5, 0.6) is 0 Å². The fourth-order valence-electron chi connectivity index (χ4n) is 6.57. The summed E-state index contributed by atoms with van der Waals surface area (Å²) >= 11 is 0. The highest BCUT2D eigenvalue weighted by atomic mass is 32.2. The van der Waals surface area contributed by atoms with E-state index in [1.807, 2.05) is 76.2 Å². The molecule has 1 aliphatic rings. The Morgan fingerprint density at radius 2 is 1.65 bits per heavy atom. The Hall–Kier alpha value is -4.86. The van der Waals surface area contributed by atoms with Crippen molar-refractivity contribution < 1.29 is 33.1 Å². The molecule has 0 aliphatic carbocycles. The molecule has 15 heteroatoms. The number of amides is 4. The third-order valence-electron chi connectivity index (χ3n) is 9.84. The molecular weight excluding hydrogens is 723 g/mol. The van der Waals surface area contributed by atoms with Gasteiger partial charge < -0.3 is 30.3 Å². The molecule has 1 aromatic heterocycles. The summed E-state index contributed by atoms with van der Waals surface area (Å²) in [6, 6.07) is 18.6. The Labute approximate surface area is 324 Å². The smallest absolute Gasteiger partial charge is 0.321 e. The number of aromatic nitrogens is 1. The van der Waals surface area contributed by atoms with Gasteiger partial charge in [-0.1, -0.05) is 87.8 Å². The van der Waals surface area contributed by atoms with Gasteiger partial charge in [-0.3, -0.25) is 14.6 Å². The monoisotopic (exact) mass is 777 g/mol. The zero-order valence-electron chi connectivity index (χ0n) is 32.6. The fraction of sp³-hybridized carbons (Fsp3) is 0.475. The third-order valence-corrected chi connectivity index (χ3v) is 11.7. The lowest BCUT2D eigenvalue weighted by molar-refractivity contribution is -0.129. The van der Waals surface area contributed by atoms with Gasteiger partial charge in [0.25, 0.3) is 0 Å². The Morgan fingerprint density at radius 1 is 0.982 bits per heavy atom. The van der Waals surface area contributed by atoms with Crippen LogP contribution in [0.15, 0.2) is 82.8 Å². The van der Waals surface area contributed by atoms with Crippen LogP contribution in [0.3, 0.4) is 0 Å². The summed E-state index contributed by atoms with van der Waals surface area (Å²) in [6.07, 6.45) is 0.691. The minimum Gasteiger partial charge on any atom is -0.411 e. The molecule has 1 fully saturated rings. The van der Waals surface area contributed by atoms with E-state index in [9.17, 15) is 27.9 Å². The number of nitrogens with one attached hydrogen (secondary N) is 1. The van der Waals surface area contributed by atoms with Crippen molar-refractivity contribution in [2.75, 3.05) is 33.2 Å². The molecule has 0 spiro atoms. The number of pyridine rings is 1. The van der Waals surface area contributed by atoms with E-state index in [2.05, 4.69) is 15.5 Å². The van der Waals surface area contributed by atoms with Crippen LogP contribution >= 0.6 is 0 Å².